The molecule has 1 rings (SSSR count). The van der Waals surface area contributed by atoms with Crippen LogP contribution in [0.3, 0.4) is 0 Å². The van der Waals surface area contributed by atoms with Crippen molar-refractivity contribution in [3.05, 3.63) is 23.8 Å². The molecule has 1 aliphatic rings. The minimum Gasteiger partial charge on any atom is -0.385 e. The van der Waals surface area contributed by atoms with Crippen LogP contribution in [0.25, 0.3) is 0 Å². The highest BCUT2D eigenvalue weighted by atomic mass is 16.3. The maximum Gasteiger partial charge on any atom is 0.187 e. The average Bonchev–Trinajstić information content (AvgIpc) is 2.19. The highest BCUT2D eigenvalue weighted by molar-refractivity contribution is 5.98. The lowest BCUT2D eigenvalue weighted by Crippen LogP contribution is -2.27. The zero-order valence-corrected chi connectivity index (χ0v) is 6.19. The molecule has 2 atom stereocenters. The number of aliphatic hydroxyl groups excluding tert-OH is 2. The molecule has 0 aromatic carbocycles. The first kappa shape index (κ1) is 8.17. The first-order valence-corrected chi connectivity index (χ1v) is 3.41. The second kappa shape index (κ2) is 2.98. The molecule has 0 radical (unpaired) electrons. The largest absolute Gasteiger partial charge is 0.385 e. The van der Waals surface area contributed by atoms with Crippen molar-refractivity contribution in [3.63, 3.8) is 0 Å². The van der Waals surface area contributed by atoms with Gasteiger partial charge in [0.05, 0.1) is 0 Å². The number of aliphatic hydroxyl groups is 2. The first-order valence-electron chi connectivity index (χ1n) is 3.41. The van der Waals surface area contributed by atoms with E-state index in [1.165, 1.54) is 6.08 Å². The molecule has 0 fully saturated rings. The van der Waals surface area contributed by atoms with Gasteiger partial charge in [-0.2, -0.15) is 0 Å². The van der Waals surface area contributed by atoms with Gasteiger partial charge in [0.15, 0.2) is 5.78 Å². The monoisotopic (exact) mass is 154 g/mol. The van der Waals surface area contributed by atoms with Crippen LogP contribution >= 0.6 is 0 Å². The van der Waals surface area contributed by atoms with Crippen molar-refractivity contribution in [2.75, 3.05) is 0 Å². The quantitative estimate of drug-likeness (QED) is 0.549. The predicted octanol–water partition coefficient (Wildman–Crippen LogP) is -0.207. The summed E-state index contributed by atoms with van der Waals surface area (Å²) in [7, 11) is 0. The van der Waals surface area contributed by atoms with Gasteiger partial charge in [0.25, 0.3) is 0 Å². The van der Waals surface area contributed by atoms with Crippen LogP contribution in [0.5, 0.6) is 0 Å². The smallest absolute Gasteiger partial charge is 0.187 e. The number of hydrogen-bond donors (Lipinski definition) is 2. The summed E-state index contributed by atoms with van der Waals surface area (Å²) >= 11 is 0. The average molecular weight is 154 g/mol. The van der Waals surface area contributed by atoms with Gasteiger partial charge in [-0.25, -0.2) is 0 Å². The number of carbonyl (C=O) groups excluding carboxylic acids is 1. The van der Waals surface area contributed by atoms with Gasteiger partial charge in [0.2, 0.25) is 0 Å². The fourth-order valence-electron chi connectivity index (χ4n) is 1.01. The number of rotatable bonds is 1. The van der Waals surface area contributed by atoms with Crippen molar-refractivity contribution in [1.82, 2.24) is 0 Å². The Hall–Kier alpha value is -0.930. The number of ketones is 1. The maximum absolute atomic E-state index is 10.7. The molecule has 1 aliphatic carbocycles. The molecule has 0 spiro atoms. The molecular weight excluding hydrogens is 144 g/mol. The Balaban J connectivity index is 2.83. The van der Waals surface area contributed by atoms with Crippen LogP contribution in [-0.2, 0) is 4.79 Å². The van der Waals surface area contributed by atoms with E-state index in [9.17, 15) is 4.79 Å². The zero-order chi connectivity index (χ0) is 8.43. The Kier molecular flexibility index (Phi) is 2.22. The molecule has 0 bridgehead atoms. The standard InChI is InChI=1S/C8H10O3/c1-2-3-5-4-6(9)8(11)7(5)10/h2-4,7-8,10-11H,1H3/t7-,8-/m0/s1. The number of carbonyl (C=O) groups is 1. The second-order valence-corrected chi connectivity index (χ2v) is 2.44. The van der Waals surface area contributed by atoms with Crippen LogP contribution in [0, 0.1) is 0 Å². The third kappa shape index (κ3) is 1.39. The van der Waals surface area contributed by atoms with E-state index in [0.29, 0.717) is 5.57 Å². The lowest BCUT2D eigenvalue weighted by atomic mass is 10.1. The Morgan fingerprint density at radius 2 is 2.09 bits per heavy atom. The van der Waals surface area contributed by atoms with Gasteiger partial charge in [0.1, 0.15) is 12.2 Å². The first-order chi connectivity index (χ1) is 5.16. The lowest BCUT2D eigenvalue weighted by Gasteiger charge is -2.07. The van der Waals surface area contributed by atoms with Crippen molar-refractivity contribution in [1.29, 1.82) is 0 Å². The molecule has 0 heterocycles. The summed E-state index contributed by atoms with van der Waals surface area (Å²) in [5.41, 5.74) is 0.477. The van der Waals surface area contributed by atoms with E-state index >= 15 is 0 Å². The predicted molar refractivity (Wildman–Crippen MR) is 39.9 cm³/mol. The van der Waals surface area contributed by atoms with Gasteiger partial charge in [-0.05, 0) is 18.6 Å². The van der Waals surface area contributed by atoms with Gasteiger partial charge in [-0.1, -0.05) is 12.2 Å². The molecule has 0 saturated carbocycles. The molecule has 11 heavy (non-hydrogen) atoms. The van der Waals surface area contributed by atoms with E-state index in [1.54, 1.807) is 19.1 Å². The Morgan fingerprint density at radius 1 is 1.45 bits per heavy atom. The van der Waals surface area contributed by atoms with Crippen molar-refractivity contribution in [2.45, 2.75) is 19.1 Å². The molecule has 0 aliphatic heterocycles. The molecule has 0 aromatic heterocycles. The molecule has 0 aromatic rings. The van der Waals surface area contributed by atoms with Crippen molar-refractivity contribution < 1.29 is 15.0 Å². The highest BCUT2D eigenvalue weighted by Gasteiger charge is 2.31. The van der Waals surface area contributed by atoms with Gasteiger partial charge in [0, 0.05) is 0 Å². The van der Waals surface area contributed by atoms with E-state index in [1.807, 2.05) is 0 Å². The van der Waals surface area contributed by atoms with E-state index in [4.69, 9.17) is 10.2 Å². The third-order valence-electron chi connectivity index (χ3n) is 1.60. The molecule has 2 N–H and O–H groups in total. The van der Waals surface area contributed by atoms with Gasteiger partial charge < -0.3 is 10.2 Å². The summed E-state index contributed by atoms with van der Waals surface area (Å²) in [4.78, 5) is 10.7. The molecule has 0 unspecified atom stereocenters. The maximum atomic E-state index is 10.7. The molecule has 3 heteroatoms. The van der Waals surface area contributed by atoms with Crippen molar-refractivity contribution >= 4 is 5.78 Å². The molecule has 0 amide bonds. The van der Waals surface area contributed by atoms with Gasteiger partial charge in [-0.3, -0.25) is 4.79 Å². The fraction of sp³-hybridized carbons (Fsp3) is 0.375. The number of allylic oxidation sites excluding steroid dienone is 1. The summed E-state index contributed by atoms with van der Waals surface area (Å²) in [5.74, 6) is -0.425. The summed E-state index contributed by atoms with van der Waals surface area (Å²) < 4.78 is 0. The molecule has 0 saturated heterocycles. The lowest BCUT2D eigenvalue weighted by molar-refractivity contribution is -0.124. The molecule has 60 valence electrons. The topological polar surface area (TPSA) is 57.5 Å². The second-order valence-electron chi connectivity index (χ2n) is 2.44. The van der Waals surface area contributed by atoms with Crippen LogP contribution in [0.2, 0.25) is 0 Å². The van der Waals surface area contributed by atoms with E-state index in [-0.39, 0.29) is 0 Å². The Bertz CT molecular complexity index is 227. The summed E-state index contributed by atoms with van der Waals surface area (Å²) in [6.07, 6.45) is 2.27. The van der Waals surface area contributed by atoms with Gasteiger partial charge in [-0.15, -0.1) is 0 Å². The summed E-state index contributed by atoms with van der Waals surface area (Å²) in [5, 5.41) is 18.1. The molecular formula is C8H10O3. The van der Waals surface area contributed by atoms with Crippen LogP contribution in [0.15, 0.2) is 23.8 Å². The zero-order valence-electron chi connectivity index (χ0n) is 6.19. The van der Waals surface area contributed by atoms with Crippen molar-refractivity contribution in [3.8, 4) is 0 Å². The molecule has 3 nitrogen and oxygen atoms in total. The highest BCUT2D eigenvalue weighted by Crippen LogP contribution is 2.17. The summed E-state index contributed by atoms with van der Waals surface area (Å²) in [6, 6.07) is 0. The van der Waals surface area contributed by atoms with Crippen LogP contribution in [0.4, 0.5) is 0 Å². The fourth-order valence-corrected chi connectivity index (χ4v) is 1.01. The van der Waals surface area contributed by atoms with Crippen LogP contribution in [-0.4, -0.2) is 28.2 Å². The van der Waals surface area contributed by atoms with Gasteiger partial charge >= 0.3 is 0 Å². The minimum absolute atomic E-state index is 0.425. The van der Waals surface area contributed by atoms with Crippen LogP contribution in [0.1, 0.15) is 6.92 Å². The Morgan fingerprint density at radius 3 is 2.45 bits per heavy atom. The summed E-state index contributed by atoms with van der Waals surface area (Å²) in [6.45, 7) is 1.78. The minimum atomic E-state index is -1.26. The van der Waals surface area contributed by atoms with Crippen molar-refractivity contribution in [2.24, 2.45) is 0 Å². The van der Waals surface area contributed by atoms with E-state index < -0.39 is 18.0 Å². The SMILES string of the molecule is CC=CC1=CC(=O)[C@H](O)[C@H]1O. The Labute approximate surface area is 64.7 Å². The number of hydrogen-bond acceptors (Lipinski definition) is 3. The normalized spacial score (nSPS) is 31.5. The van der Waals surface area contributed by atoms with E-state index in [0.717, 1.165) is 0 Å². The van der Waals surface area contributed by atoms with E-state index in [2.05, 4.69) is 0 Å². The van der Waals surface area contributed by atoms with Crippen LogP contribution < -0.4 is 0 Å². The third-order valence-corrected chi connectivity index (χ3v) is 1.60.